The molecule has 124 valence electrons. The lowest BCUT2D eigenvalue weighted by Gasteiger charge is -2.32. The van der Waals surface area contributed by atoms with Crippen molar-refractivity contribution >= 4 is 10.0 Å². The molecule has 0 spiro atoms. The van der Waals surface area contributed by atoms with Crippen LogP contribution in [0.5, 0.6) is 0 Å². The molecule has 0 bridgehead atoms. The Morgan fingerprint density at radius 3 is 2.23 bits per heavy atom. The first-order valence-corrected chi connectivity index (χ1v) is 8.40. The summed E-state index contributed by atoms with van der Waals surface area (Å²) in [6, 6.07) is 0.0808. The largest absolute Gasteiger partial charge is 0.393 e. The number of hydrogen-bond donors (Lipinski definition) is 1. The molecular formula is C14H18F3NO3S. The van der Waals surface area contributed by atoms with Gasteiger partial charge in [-0.2, -0.15) is 4.31 Å². The van der Waals surface area contributed by atoms with Crippen molar-refractivity contribution in [2.24, 2.45) is 0 Å². The van der Waals surface area contributed by atoms with Crippen LogP contribution in [0.3, 0.4) is 0 Å². The van der Waals surface area contributed by atoms with E-state index in [9.17, 15) is 26.7 Å². The van der Waals surface area contributed by atoms with Crippen LogP contribution in [-0.4, -0.2) is 37.0 Å². The summed E-state index contributed by atoms with van der Waals surface area (Å²) in [6.07, 6.45) is 1.22. The molecule has 0 aliphatic heterocycles. The molecule has 1 fully saturated rings. The van der Waals surface area contributed by atoms with E-state index in [2.05, 4.69) is 0 Å². The van der Waals surface area contributed by atoms with Crippen molar-refractivity contribution in [3.05, 3.63) is 29.1 Å². The minimum atomic E-state index is -4.35. The Morgan fingerprint density at radius 1 is 1.14 bits per heavy atom. The second-order valence-corrected chi connectivity index (χ2v) is 7.56. The van der Waals surface area contributed by atoms with Crippen molar-refractivity contribution in [2.75, 3.05) is 7.05 Å². The predicted octanol–water partition coefficient (Wildman–Crippen LogP) is 2.34. The fraction of sp³-hybridized carbons (Fsp3) is 0.571. The third-order valence-corrected chi connectivity index (χ3v) is 6.10. The summed E-state index contributed by atoms with van der Waals surface area (Å²) in [5.74, 6) is -4.17. The zero-order valence-corrected chi connectivity index (χ0v) is 13.1. The molecule has 2 rings (SSSR count). The minimum absolute atomic E-state index is 0.412. The number of aliphatic hydroxyl groups is 1. The van der Waals surface area contributed by atoms with Crippen LogP contribution in [0.2, 0.25) is 0 Å². The Kier molecular flexibility index (Phi) is 4.84. The van der Waals surface area contributed by atoms with E-state index in [1.54, 1.807) is 0 Å². The van der Waals surface area contributed by atoms with E-state index in [1.165, 1.54) is 7.05 Å². The molecule has 0 amide bonds. The Morgan fingerprint density at radius 2 is 1.68 bits per heavy atom. The van der Waals surface area contributed by atoms with Crippen molar-refractivity contribution in [3.63, 3.8) is 0 Å². The molecule has 0 saturated heterocycles. The molecule has 1 aliphatic rings. The first kappa shape index (κ1) is 17.2. The number of rotatable bonds is 3. The van der Waals surface area contributed by atoms with Gasteiger partial charge in [-0.15, -0.1) is 0 Å². The molecule has 0 aromatic heterocycles. The van der Waals surface area contributed by atoms with Crippen LogP contribution in [0.15, 0.2) is 11.0 Å². The lowest BCUT2D eigenvalue weighted by atomic mass is 9.93. The summed E-state index contributed by atoms with van der Waals surface area (Å²) in [7, 11) is -3.10. The summed E-state index contributed by atoms with van der Waals surface area (Å²) in [5, 5.41) is 9.45. The highest BCUT2D eigenvalue weighted by atomic mass is 32.2. The molecule has 1 aromatic carbocycles. The van der Waals surface area contributed by atoms with Crippen molar-refractivity contribution in [2.45, 2.75) is 49.6 Å². The van der Waals surface area contributed by atoms with E-state index >= 15 is 0 Å². The predicted molar refractivity (Wildman–Crippen MR) is 74.3 cm³/mol. The van der Waals surface area contributed by atoms with Gasteiger partial charge >= 0.3 is 0 Å². The van der Waals surface area contributed by atoms with Crippen LogP contribution in [0.25, 0.3) is 0 Å². The van der Waals surface area contributed by atoms with Crippen LogP contribution in [0.4, 0.5) is 13.2 Å². The summed E-state index contributed by atoms with van der Waals surface area (Å²) in [5.41, 5.74) is -0.556. The van der Waals surface area contributed by atoms with Gasteiger partial charge in [-0.05, 0) is 38.7 Å². The van der Waals surface area contributed by atoms with Crippen molar-refractivity contribution in [3.8, 4) is 0 Å². The molecule has 1 aliphatic carbocycles. The number of benzene rings is 1. The van der Waals surface area contributed by atoms with Crippen LogP contribution in [0, 0.1) is 24.4 Å². The van der Waals surface area contributed by atoms with Gasteiger partial charge in [-0.25, -0.2) is 21.6 Å². The van der Waals surface area contributed by atoms with Gasteiger partial charge in [0.2, 0.25) is 10.0 Å². The maximum atomic E-state index is 13.9. The number of hydrogen-bond acceptors (Lipinski definition) is 3. The topological polar surface area (TPSA) is 57.6 Å². The number of sulfonamides is 1. The SMILES string of the molecule is Cc1c(F)cc(S(=O)(=O)N(C)C2CCC(O)CC2)c(F)c1F. The summed E-state index contributed by atoms with van der Waals surface area (Å²) >= 11 is 0. The van der Waals surface area contributed by atoms with Gasteiger partial charge in [0.1, 0.15) is 10.7 Å². The monoisotopic (exact) mass is 337 g/mol. The van der Waals surface area contributed by atoms with E-state index in [4.69, 9.17) is 0 Å². The standard InChI is InChI=1S/C14H18F3NO3S/c1-8-11(15)7-12(14(17)13(8)16)22(20,21)18(2)9-3-5-10(19)6-4-9/h7,9-10,19H,3-6H2,1-2H3. The molecule has 1 aromatic rings. The lowest BCUT2D eigenvalue weighted by molar-refractivity contribution is 0.104. The molecule has 22 heavy (non-hydrogen) atoms. The second kappa shape index (κ2) is 6.17. The smallest absolute Gasteiger partial charge is 0.246 e. The molecule has 8 heteroatoms. The maximum absolute atomic E-state index is 13.9. The molecule has 1 N–H and O–H groups in total. The summed E-state index contributed by atoms with van der Waals surface area (Å²) in [4.78, 5) is -0.998. The second-order valence-electron chi connectivity index (χ2n) is 5.59. The minimum Gasteiger partial charge on any atom is -0.393 e. The average molecular weight is 337 g/mol. The van der Waals surface area contributed by atoms with E-state index in [1.807, 2.05) is 0 Å². The Labute approximate surface area is 127 Å². The van der Waals surface area contributed by atoms with E-state index in [0.717, 1.165) is 11.2 Å². The third kappa shape index (κ3) is 3.00. The van der Waals surface area contributed by atoms with E-state index < -0.39 is 50.1 Å². The van der Waals surface area contributed by atoms with Gasteiger partial charge in [0.25, 0.3) is 0 Å². The van der Waals surface area contributed by atoms with Crippen molar-refractivity contribution in [1.29, 1.82) is 0 Å². The Hall–Kier alpha value is -1.12. The van der Waals surface area contributed by atoms with Gasteiger partial charge in [-0.1, -0.05) is 0 Å². The fourth-order valence-electron chi connectivity index (χ4n) is 2.63. The highest BCUT2D eigenvalue weighted by Gasteiger charge is 2.34. The van der Waals surface area contributed by atoms with Crippen molar-refractivity contribution in [1.82, 2.24) is 4.31 Å². The molecule has 0 radical (unpaired) electrons. The van der Waals surface area contributed by atoms with Gasteiger partial charge in [0.15, 0.2) is 11.6 Å². The number of aliphatic hydroxyl groups excluding tert-OH is 1. The molecule has 0 atom stereocenters. The van der Waals surface area contributed by atoms with Crippen LogP contribution in [0.1, 0.15) is 31.2 Å². The summed E-state index contributed by atoms with van der Waals surface area (Å²) < 4.78 is 66.9. The highest BCUT2D eigenvalue weighted by Crippen LogP contribution is 2.30. The van der Waals surface area contributed by atoms with Gasteiger partial charge in [-0.3, -0.25) is 0 Å². The summed E-state index contributed by atoms with van der Waals surface area (Å²) in [6.45, 7) is 1.04. The van der Waals surface area contributed by atoms with E-state index in [-0.39, 0.29) is 0 Å². The maximum Gasteiger partial charge on any atom is 0.246 e. The van der Waals surface area contributed by atoms with Crippen LogP contribution >= 0.6 is 0 Å². The van der Waals surface area contributed by atoms with Crippen molar-refractivity contribution < 1.29 is 26.7 Å². The quantitative estimate of drug-likeness (QED) is 0.862. The molecular weight excluding hydrogens is 319 g/mol. The third-order valence-electron chi connectivity index (χ3n) is 4.19. The van der Waals surface area contributed by atoms with Gasteiger partial charge in [0.05, 0.1) is 6.10 Å². The number of nitrogens with zero attached hydrogens (tertiary/aromatic N) is 1. The Bertz CT molecular complexity index is 670. The lowest BCUT2D eigenvalue weighted by Crippen LogP contribution is -2.40. The van der Waals surface area contributed by atoms with Crippen LogP contribution < -0.4 is 0 Å². The molecule has 4 nitrogen and oxygen atoms in total. The van der Waals surface area contributed by atoms with Gasteiger partial charge in [0, 0.05) is 18.7 Å². The highest BCUT2D eigenvalue weighted by molar-refractivity contribution is 7.89. The average Bonchev–Trinajstić information content (AvgIpc) is 2.48. The van der Waals surface area contributed by atoms with Gasteiger partial charge < -0.3 is 5.11 Å². The molecule has 0 unspecified atom stereocenters. The van der Waals surface area contributed by atoms with E-state index in [0.29, 0.717) is 31.7 Å². The zero-order chi connectivity index (χ0) is 16.7. The Balaban J connectivity index is 2.38. The fourth-order valence-corrected chi connectivity index (χ4v) is 4.11. The number of halogens is 3. The first-order chi connectivity index (χ1) is 10.2. The molecule has 0 heterocycles. The normalized spacial score (nSPS) is 23.0. The molecule has 1 saturated carbocycles. The zero-order valence-electron chi connectivity index (χ0n) is 12.3. The van der Waals surface area contributed by atoms with Crippen LogP contribution in [-0.2, 0) is 10.0 Å². The first-order valence-electron chi connectivity index (χ1n) is 6.96.